The van der Waals surface area contributed by atoms with Crippen molar-refractivity contribution in [2.45, 2.75) is 60.3 Å². The highest BCUT2D eigenvalue weighted by atomic mass is 32.1. The molecule has 3 rings (SSSR count). The third-order valence-electron chi connectivity index (χ3n) is 6.23. The van der Waals surface area contributed by atoms with Crippen molar-refractivity contribution >= 4 is 34.3 Å². The lowest BCUT2D eigenvalue weighted by Gasteiger charge is -2.33. The van der Waals surface area contributed by atoms with E-state index in [1.807, 2.05) is 25.1 Å². The largest absolute Gasteiger partial charge is 0.494 e. The molecule has 0 radical (unpaired) electrons. The molecule has 1 heterocycles. The summed E-state index contributed by atoms with van der Waals surface area (Å²) < 4.78 is 10.9. The van der Waals surface area contributed by atoms with E-state index < -0.39 is 11.9 Å². The maximum Gasteiger partial charge on any atom is 0.341 e. The smallest absolute Gasteiger partial charge is 0.341 e. The van der Waals surface area contributed by atoms with Crippen molar-refractivity contribution in [1.82, 2.24) is 0 Å². The first-order chi connectivity index (χ1) is 16.7. The normalized spacial score (nSPS) is 15.7. The van der Waals surface area contributed by atoms with E-state index in [2.05, 4.69) is 26.1 Å². The van der Waals surface area contributed by atoms with Gasteiger partial charge in [0.1, 0.15) is 22.4 Å². The number of nitrogens with zero attached hydrogens (tertiary/aromatic N) is 1. The van der Waals surface area contributed by atoms with E-state index in [4.69, 9.17) is 9.47 Å². The first kappa shape index (κ1) is 26.5. The minimum Gasteiger partial charge on any atom is -0.494 e. The van der Waals surface area contributed by atoms with Gasteiger partial charge in [-0.25, -0.2) is 4.79 Å². The van der Waals surface area contributed by atoms with Gasteiger partial charge in [0, 0.05) is 4.88 Å². The maximum atomic E-state index is 13.1. The van der Waals surface area contributed by atoms with Gasteiger partial charge in [-0.3, -0.25) is 4.79 Å². The molecule has 6 nitrogen and oxygen atoms in total. The average molecular weight is 495 g/mol. The van der Waals surface area contributed by atoms with E-state index in [1.54, 1.807) is 19.1 Å². The minimum atomic E-state index is -0.546. The van der Waals surface area contributed by atoms with Gasteiger partial charge in [-0.15, -0.1) is 11.3 Å². The summed E-state index contributed by atoms with van der Waals surface area (Å²) in [4.78, 5) is 27.0. The number of nitrogens with one attached hydrogen (secondary N) is 1. The zero-order chi connectivity index (χ0) is 25.6. The second kappa shape index (κ2) is 11.5. The van der Waals surface area contributed by atoms with Crippen molar-refractivity contribution in [1.29, 1.82) is 5.26 Å². The summed E-state index contributed by atoms with van der Waals surface area (Å²) in [6, 6.07) is 9.22. The zero-order valence-electron chi connectivity index (χ0n) is 21.2. The number of hydrogen-bond acceptors (Lipinski definition) is 6. The Balaban J connectivity index is 1.87. The van der Waals surface area contributed by atoms with E-state index in [-0.39, 0.29) is 17.6 Å². The molecule has 1 aromatic carbocycles. The van der Waals surface area contributed by atoms with Gasteiger partial charge >= 0.3 is 5.97 Å². The molecule has 1 aliphatic carbocycles. The molecule has 1 atom stereocenters. The number of ether oxygens (including phenoxy) is 2. The van der Waals surface area contributed by atoms with Gasteiger partial charge in [0.2, 0.25) is 0 Å². The Labute approximate surface area is 211 Å². The maximum absolute atomic E-state index is 13.1. The number of fused-ring (bicyclic) bond motifs is 1. The topological polar surface area (TPSA) is 88.4 Å². The Morgan fingerprint density at radius 2 is 1.94 bits per heavy atom. The molecule has 1 aliphatic rings. The molecule has 0 saturated heterocycles. The fourth-order valence-electron chi connectivity index (χ4n) is 4.20. The van der Waals surface area contributed by atoms with Crippen molar-refractivity contribution in [3.05, 3.63) is 51.4 Å². The van der Waals surface area contributed by atoms with Crippen LogP contribution in [0.4, 0.5) is 5.00 Å². The fourth-order valence-corrected chi connectivity index (χ4v) is 5.51. The lowest BCUT2D eigenvalue weighted by atomic mass is 9.72. The Kier molecular flexibility index (Phi) is 8.74. The van der Waals surface area contributed by atoms with Crippen molar-refractivity contribution < 1.29 is 19.1 Å². The molecule has 0 saturated carbocycles. The van der Waals surface area contributed by atoms with Gasteiger partial charge in [0.05, 0.1) is 18.8 Å². The number of anilines is 1. The van der Waals surface area contributed by atoms with Crippen LogP contribution in [0.2, 0.25) is 0 Å². The van der Waals surface area contributed by atoms with Crippen LogP contribution < -0.4 is 10.1 Å². The van der Waals surface area contributed by atoms with Gasteiger partial charge in [-0.2, -0.15) is 5.26 Å². The molecule has 0 spiro atoms. The highest BCUT2D eigenvalue weighted by molar-refractivity contribution is 7.17. The third kappa shape index (κ3) is 6.52. The number of hydrogen-bond donors (Lipinski definition) is 1. The number of benzene rings is 1. The fraction of sp³-hybridized carbons (Fsp3) is 0.464. The Morgan fingerprint density at radius 1 is 1.23 bits per heavy atom. The second-order valence-electron chi connectivity index (χ2n) is 9.78. The van der Waals surface area contributed by atoms with E-state index in [0.29, 0.717) is 28.7 Å². The van der Waals surface area contributed by atoms with Crippen molar-refractivity contribution in [2.24, 2.45) is 11.3 Å². The molecule has 1 unspecified atom stereocenters. The highest BCUT2D eigenvalue weighted by Gasteiger charge is 2.34. The van der Waals surface area contributed by atoms with Crippen LogP contribution in [0.1, 0.15) is 73.8 Å². The van der Waals surface area contributed by atoms with E-state index in [1.165, 1.54) is 17.4 Å². The Bertz CT molecular complexity index is 1130. The van der Waals surface area contributed by atoms with Crippen LogP contribution in [-0.4, -0.2) is 25.1 Å². The molecule has 35 heavy (non-hydrogen) atoms. The predicted molar refractivity (Wildman–Crippen MR) is 140 cm³/mol. The molecule has 1 amide bonds. The SMILES string of the molecule is CCCOc1ccc(/C=C(\C#N)C(=O)Nc2sc3c(c2C(=O)OCC)CCC(C(C)(C)C)C3)cc1. The van der Waals surface area contributed by atoms with Gasteiger partial charge in [-0.05, 0) is 73.3 Å². The molecular formula is C28H34N2O4S. The number of rotatable bonds is 8. The van der Waals surface area contributed by atoms with Crippen LogP contribution in [0.15, 0.2) is 29.8 Å². The lowest BCUT2D eigenvalue weighted by Crippen LogP contribution is -2.26. The number of carbonyl (C=O) groups is 2. The molecule has 0 fully saturated rings. The first-order valence-corrected chi connectivity index (χ1v) is 13.0. The number of thiophene rings is 1. The van der Waals surface area contributed by atoms with Crippen LogP contribution in [0.25, 0.3) is 6.08 Å². The Morgan fingerprint density at radius 3 is 2.54 bits per heavy atom. The minimum absolute atomic E-state index is 0.0408. The van der Waals surface area contributed by atoms with E-state index >= 15 is 0 Å². The van der Waals surface area contributed by atoms with Gasteiger partial charge in [0.15, 0.2) is 0 Å². The summed E-state index contributed by atoms with van der Waals surface area (Å²) >= 11 is 1.42. The summed E-state index contributed by atoms with van der Waals surface area (Å²) in [5, 5.41) is 13.0. The van der Waals surface area contributed by atoms with Crippen LogP contribution in [-0.2, 0) is 22.4 Å². The number of amides is 1. The van der Waals surface area contributed by atoms with Crippen molar-refractivity contribution in [3.63, 3.8) is 0 Å². The Hall–Kier alpha value is -3.11. The first-order valence-electron chi connectivity index (χ1n) is 12.2. The number of esters is 1. The average Bonchev–Trinajstić information content (AvgIpc) is 3.18. The molecule has 1 aromatic heterocycles. The quantitative estimate of drug-likeness (QED) is 0.260. The number of nitriles is 1. The second-order valence-corrected chi connectivity index (χ2v) is 10.9. The summed E-state index contributed by atoms with van der Waals surface area (Å²) in [6.07, 6.45) is 5.06. The van der Waals surface area contributed by atoms with Gasteiger partial charge in [-0.1, -0.05) is 39.8 Å². The monoisotopic (exact) mass is 494 g/mol. The molecule has 2 aromatic rings. The van der Waals surface area contributed by atoms with E-state index in [9.17, 15) is 14.9 Å². The van der Waals surface area contributed by atoms with Crippen molar-refractivity contribution in [3.8, 4) is 11.8 Å². The highest BCUT2D eigenvalue weighted by Crippen LogP contribution is 2.44. The molecule has 0 bridgehead atoms. The molecule has 1 N–H and O–H groups in total. The van der Waals surface area contributed by atoms with Crippen LogP contribution >= 0.6 is 11.3 Å². The van der Waals surface area contributed by atoms with Gasteiger partial charge in [0.25, 0.3) is 5.91 Å². The van der Waals surface area contributed by atoms with Crippen LogP contribution in [0.5, 0.6) is 5.75 Å². The van der Waals surface area contributed by atoms with E-state index in [0.717, 1.165) is 41.9 Å². The molecular weight excluding hydrogens is 460 g/mol. The molecule has 186 valence electrons. The van der Waals surface area contributed by atoms with Gasteiger partial charge < -0.3 is 14.8 Å². The number of carbonyl (C=O) groups excluding carboxylic acids is 2. The zero-order valence-corrected chi connectivity index (χ0v) is 22.0. The van der Waals surface area contributed by atoms with Crippen molar-refractivity contribution in [2.75, 3.05) is 18.5 Å². The third-order valence-corrected chi connectivity index (χ3v) is 7.40. The predicted octanol–water partition coefficient (Wildman–Crippen LogP) is 6.41. The summed E-state index contributed by atoms with van der Waals surface area (Å²) in [5.74, 6) is 0.254. The summed E-state index contributed by atoms with van der Waals surface area (Å²) in [5.41, 5.74) is 2.23. The summed E-state index contributed by atoms with van der Waals surface area (Å²) in [7, 11) is 0. The standard InChI is InChI=1S/C28H34N2O4S/c1-6-14-34-21-11-8-18(9-12-21)15-19(17-29)25(31)30-26-24(27(32)33-7-2)22-13-10-20(28(3,4)5)16-23(22)35-26/h8-9,11-12,15,20H,6-7,10,13-14,16H2,1-5H3,(H,30,31)/b19-15+. The summed E-state index contributed by atoms with van der Waals surface area (Å²) in [6.45, 7) is 11.4. The molecule has 7 heteroatoms. The van der Waals surface area contributed by atoms with Crippen LogP contribution in [0.3, 0.4) is 0 Å². The molecule has 0 aliphatic heterocycles. The van der Waals surface area contributed by atoms with Crippen LogP contribution in [0, 0.1) is 22.7 Å². The lowest BCUT2D eigenvalue weighted by molar-refractivity contribution is -0.112.